The standard InChI is InChI=1S/C39H27Cl2FN4O3S2/c40-27-18-19-30(31(41)21-27)34-23-50-39(45-34)46-38(49)35(24-10-3-1-4-11-24)51-29-16-9-15-28(22-29)43-37(48)33(20-26-14-7-8-17-32(26)42)44-36(47)25-12-5-2-6-13-25/h1-23,35H,(H,43,48)(H,44,47)(H,45,46,49)/b33-20-. The molecule has 0 aliphatic carbocycles. The van der Waals surface area contributed by atoms with Crippen molar-refractivity contribution < 1.29 is 18.8 Å². The van der Waals surface area contributed by atoms with E-state index < -0.39 is 22.9 Å². The van der Waals surface area contributed by atoms with Crippen LogP contribution in [0.2, 0.25) is 10.0 Å². The fourth-order valence-corrected chi connectivity index (χ4v) is 7.20. The number of hydrogen-bond donors (Lipinski definition) is 3. The van der Waals surface area contributed by atoms with Crippen molar-refractivity contribution in [3.63, 3.8) is 0 Å². The predicted molar refractivity (Wildman–Crippen MR) is 205 cm³/mol. The lowest BCUT2D eigenvalue weighted by Crippen LogP contribution is -2.30. The third-order valence-corrected chi connectivity index (χ3v) is 9.92. The van der Waals surface area contributed by atoms with Gasteiger partial charge in [0.25, 0.3) is 11.8 Å². The first-order valence-electron chi connectivity index (χ1n) is 15.4. The van der Waals surface area contributed by atoms with Gasteiger partial charge in [-0.25, -0.2) is 9.37 Å². The molecule has 7 nitrogen and oxygen atoms in total. The number of benzene rings is 5. The van der Waals surface area contributed by atoms with Crippen LogP contribution in [0.5, 0.6) is 0 Å². The van der Waals surface area contributed by atoms with Crippen LogP contribution in [-0.4, -0.2) is 22.7 Å². The maximum Gasteiger partial charge on any atom is 0.272 e. The van der Waals surface area contributed by atoms with Gasteiger partial charge in [0.2, 0.25) is 5.91 Å². The molecule has 0 aliphatic heterocycles. The van der Waals surface area contributed by atoms with E-state index in [1.54, 1.807) is 78.2 Å². The Balaban J connectivity index is 1.22. The van der Waals surface area contributed by atoms with Crippen molar-refractivity contribution in [3.05, 3.63) is 171 Å². The predicted octanol–water partition coefficient (Wildman–Crippen LogP) is 10.1. The van der Waals surface area contributed by atoms with Gasteiger partial charge in [0.1, 0.15) is 16.8 Å². The van der Waals surface area contributed by atoms with E-state index in [1.807, 2.05) is 36.4 Å². The number of thiazole rings is 1. The second-order valence-electron chi connectivity index (χ2n) is 10.9. The first kappa shape index (κ1) is 35.6. The quantitative estimate of drug-likeness (QED) is 0.0904. The molecule has 3 amide bonds. The Morgan fingerprint density at radius 3 is 2.27 bits per heavy atom. The summed E-state index contributed by atoms with van der Waals surface area (Å²) in [6.45, 7) is 0. The molecule has 6 aromatic rings. The minimum Gasteiger partial charge on any atom is -0.321 e. The van der Waals surface area contributed by atoms with Gasteiger partial charge in [-0.3, -0.25) is 14.4 Å². The van der Waals surface area contributed by atoms with Crippen molar-refractivity contribution in [2.24, 2.45) is 0 Å². The molecule has 0 saturated heterocycles. The summed E-state index contributed by atoms with van der Waals surface area (Å²) in [6.07, 6.45) is 1.28. The van der Waals surface area contributed by atoms with Gasteiger partial charge in [0.05, 0.1) is 10.7 Å². The molecule has 1 heterocycles. The van der Waals surface area contributed by atoms with Gasteiger partial charge >= 0.3 is 0 Å². The summed E-state index contributed by atoms with van der Waals surface area (Å²) in [5.74, 6) is -2.05. The molecule has 0 saturated carbocycles. The molecule has 0 bridgehead atoms. The zero-order valence-corrected chi connectivity index (χ0v) is 29.6. The molecule has 12 heteroatoms. The minimum absolute atomic E-state index is 0.126. The van der Waals surface area contributed by atoms with Crippen LogP contribution in [-0.2, 0) is 9.59 Å². The van der Waals surface area contributed by atoms with Gasteiger partial charge in [-0.15, -0.1) is 23.1 Å². The average molecular weight is 754 g/mol. The largest absolute Gasteiger partial charge is 0.321 e. The number of amides is 3. The van der Waals surface area contributed by atoms with Crippen LogP contribution in [0.3, 0.4) is 0 Å². The molecule has 6 rings (SSSR count). The molecule has 5 aromatic carbocycles. The first-order chi connectivity index (χ1) is 24.7. The Morgan fingerprint density at radius 1 is 0.804 bits per heavy atom. The molecule has 1 aromatic heterocycles. The molecule has 0 aliphatic rings. The van der Waals surface area contributed by atoms with Crippen molar-refractivity contribution >= 4 is 80.9 Å². The lowest BCUT2D eigenvalue weighted by Gasteiger charge is -2.17. The maximum atomic E-state index is 14.6. The Morgan fingerprint density at radius 2 is 1.53 bits per heavy atom. The number of carbonyl (C=O) groups excluding carboxylic acids is 3. The number of rotatable bonds is 11. The summed E-state index contributed by atoms with van der Waals surface area (Å²) >= 11 is 15.0. The highest BCUT2D eigenvalue weighted by atomic mass is 35.5. The minimum atomic E-state index is -0.690. The van der Waals surface area contributed by atoms with Crippen LogP contribution in [0.25, 0.3) is 17.3 Å². The molecule has 51 heavy (non-hydrogen) atoms. The van der Waals surface area contributed by atoms with Crippen LogP contribution in [0.1, 0.15) is 26.7 Å². The number of anilines is 2. The SMILES string of the molecule is O=C(Nc1cccc(SC(C(=O)Nc2nc(-c3ccc(Cl)cc3Cl)cs2)c2ccccc2)c1)/C(=C/c1ccccc1F)NC(=O)c1ccccc1. The fraction of sp³-hybridized carbons (Fsp3) is 0.0256. The van der Waals surface area contributed by atoms with Crippen LogP contribution >= 0.6 is 46.3 Å². The third kappa shape index (κ3) is 9.30. The molecular weight excluding hydrogens is 726 g/mol. The van der Waals surface area contributed by atoms with Crippen LogP contribution in [0.4, 0.5) is 15.2 Å². The van der Waals surface area contributed by atoms with Crippen molar-refractivity contribution in [2.45, 2.75) is 10.1 Å². The molecule has 3 N–H and O–H groups in total. The number of hydrogen-bond acceptors (Lipinski definition) is 6. The van der Waals surface area contributed by atoms with Gasteiger partial charge in [-0.05, 0) is 66.2 Å². The lowest BCUT2D eigenvalue weighted by atomic mass is 10.1. The third-order valence-electron chi connectivity index (χ3n) is 7.36. The van der Waals surface area contributed by atoms with E-state index in [-0.39, 0.29) is 17.2 Å². The normalized spacial score (nSPS) is 11.8. The maximum absolute atomic E-state index is 14.6. The van der Waals surface area contributed by atoms with E-state index in [4.69, 9.17) is 23.2 Å². The zero-order chi connectivity index (χ0) is 35.7. The number of carbonyl (C=O) groups is 3. The van der Waals surface area contributed by atoms with E-state index in [1.165, 1.54) is 47.4 Å². The van der Waals surface area contributed by atoms with Crippen molar-refractivity contribution in [3.8, 4) is 11.3 Å². The van der Waals surface area contributed by atoms with E-state index in [0.29, 0.717) is 42.6 Å². The second kappa shape index (κ2) is 16.6. The molecular formula is C39H27Cl2FN4O3S2. The summed E-state index contributed by atoms with van der Waals surface area (Å²) < 4.78 is 14.6. The molecule has 0 radical (unpaired) electrons. The Kier molecular flexibility index (Phi) is 11.6. The topological polar surface area (TPSA) is 100 Å². The van der Waals surface area contributed by atoms with Gasteiger partial charge in [-0.2, -0.15) is 0 Å². The number of nitrogens with one attached hydrogen (secondary N) is 3. The van der Waals surface area contributed by atoms with Gasteiger partial charge in [0, 0.05) is 37.7 Å². The highest BCUT2D eigenvalue weighted by Crippen LogP contribution is 2.38. The molecule has 0 spiro atoms. The number of thioether (sulfide) groups is 1. The van der Waals surface area contributed by atoms with Crippen LogP contribution in [0.15, 0.2) is 143 Å². The highest BCUT2D eigenvalue weighted by molar-refractivity contribution is 8.00. The first-order valence-corrected chi connectivity index (χ1v) is 17.9. The Labute approximate surface area is 311 Å². The smallest absolute Gasteiger partial charge is 0.272 e. The number of nitrogens with zero attached hydrogens (tertiary/aromatic N) is 1. The van der Waals surface area contributed by atoms with Crippen molar-refractivity contribution in [1.29, 1.82) is 0 Å². The average Bonchev–Trinajstić information content (AvgIpc) is 3.59. The van der Waals surface area contributed by atoms with Gasteiger partial charge < -0.3 is 16.0 Å². The van der Waals surface area contributed by atoms with Crippen LogP contribution < -0.4 is 16.0 Å². The zero-order valence-electron chi connectivity index (χ0n) is 26.5. The fourth-order valence-electron chi connectivity index (χ4n) is 4.90. The number of aromatic nitrogens is 1. The Bertz CT molecular complexity index is 2230. The Hall–Kier alpha value is -5.26. The monoisotopic (exact) mass is 752 g/mol. The summed E-state index contributed by atoms with van der Waals surface area (Å²) in [6, 6.07) is 35.7. The second-order valence-corrected chi connectivity index (χ2v) is 13.8. The van der Waals surface area contributed by atoms with Gasteiger partial charge in [0.15, 0.2) is 5.13 Å². The molecule has 254 valence electrons. The van der Waals surface area contributed by atoms with E-state index in [2.05, 4.69) is 20.9 Å². The van der Waals surface area contributed by atoms with Crippen molar-refractivity contribution in [2.75, 3.05) is 10.6 Å². The van der Waals surface area contributed by atoms with E-state index >= 15 is 0 Å². The van der Waals surface area contributed by atoms with E-state index in [9.17, 15) is 18.8 Å². The summed E-state index contributed by atoms with van der Waals surface area (Å²) in [7, 11) is 0. The highest BCUT2D eigenvalue weighted by Gasteiger charge is 2.24. The summed E-state index contributed by atoms with van der Waals surface area (Å²) in [5, 5.41) is 10.8. The molecule has 1 atom stereocenters. The van der Waals surface area contributed by atoms with Crippen molar-refractivity contribution in [1.82, 2.24) is 10.3 Å². The summed E-state index contributed by atoms with van der Waals surface area (Å²) in [4.78, 5) is 45.7. The molecule has 0 fully saturated rings. The van der Waals surface area contributed by atoms with Crippen LogP contribution in [0, 0.1) is 5.82 Å². The van der Waals surface area contributed by atoms with Gasteiger partial charge in [-0.1, -0.05) is 96.0 Å². The van der Waals surface area contributed by atoms with E-state index in [0.717, 1.165) is 5.56 Å². The summed E-state index contributed by atoms with van der Waals surface area (Å²) in [5.41, 5.74) is 2.75. The lowest BCUT2D eigenvalue weighted by molar-refractivity contribution is -0.116. The number of halogens is 3. The molecule has 1 unspecified atom stereocenters.